The van der Waals surface area contributed by atoms with Gasteiger partial charge in [-0.05, 0) is 30.5 Å². The van der Waals surface area contributed by atoms with Gasteiger partial charge in [-0.25, -0.2) is 0 Å². The minimum absolute atomic E-state index is 0.298. The molecule has 1 aromatic carbocycles. The maximum absolute atomic E-state index is 10.7. The van der Waals surface area contributed by atoms with E-state index >= 15 is 0 Å². The van der Waals surface area contributed by atoms with Crippen molar-refractivity contribution in [1.82, 2.24) is 0 Å². The van der Waals surface area contributed by atoms with Crippen LogP contribution in [0.25, 0.3) is 0 Å². The maximum Gasteiger partial charge on any atom is 0.221 e. The molecule has 3 N–H and O–H groups in total. The fourth-order valence-electron chi connectivity index (χ4n) is 2.03. The fraction of sp³-hybridized carbons (Fsp3) is 0.462. The van der Waals surface area contributed by atoms with E-state index in [1.54, 1.807) is 7.11 Å². The number of carbonyl (C=O) groups is 1. The quantitative estimate of drug-likeness (QED) is 0.807. The van der Waals surface area contributed by atoms with E-state index in [4.69, 9.17) is 10.5 Å². The molecule has 4 nitrogen and oxygen atoms in total. The number of primary amides is 1. The third-order valence-corrected chi connectivity index (χ3v) is 3.13. The van der Waals surface area contributed by atoms with E-state index in [0.717, 1.165) is 24.1 Å². The summed E-state index contributed by atoms with van der Waals surface area (Å²) in [6.07, 6.45) is 2.82. The molecule has 1 saturated carbocycles. The highest BCUT2D eigenvalue weighted by molar-refractivity contribution is 5.76. The first-order chi connectivity index (χ1) is 8.17. The van der Waals surface area contributed by atoms with Crippen molar-refractivity contribution in [3.05, 3.63) is 29.8 Å². The first-order valence-electron chi connectivity index (χ1n) is 5.84. The zero-order valence-electron chi connectivity index (χ0n) is 9.98. The molecule has 0 aromatic heterocycles. The molecule has 1 aliphatic rings. The van der Waals surface area contributed by atoms with E-state index in [1.807, 2.05) is 24.3 Å². The molecule has 0 aliphatic heterocycles. The number of methoxy groups -OCH3 is 1. The summed E-state index contributed by atoms with van der Waals surface area (Å²) in [7, 11) is 1.75. The lowest BCUT2D eigenvalue weighted by Gasteiger charge is -2.35. The van der Waals surface area contributed by atoms with Crippen LogP contribution in [0.1, 0.15) is 18.4 Å². The van der Waals surface area contributed by atoms with Gasteiger partial charge in [0, 0.05) is 18.8 Å². The minimum atomic E-state index is -0.298. The molecule has 92 valence electrons. The van der Waals surface area contributed by atoms with Crippen LogP contribution in [-0.2, 0) is 16.0 Å². The predicted octanol–water partition coefficient (Wildman–Crippen LogP) is 1.30. The van der Waals surface area contributed by atoms with Gasteiger partial charge in [0.1, 0.15) is 0 Å². The summed E-state index contributed by atoms with van der Waals surface area (Å²) in [5.41, 5.74) is 7.17. The molecule has 4 heteroatoms. The van der Waals surface area contributed by atoms with Crippen molar-refractivity contribution in [2.75, 3.05) is 12.4 Å². The first-order valence-corrected chi connectivity index (χ1v) is 5.84. The molecular formula is C13H18N2O2. The van der Waals surface area contributed by atoms with E-state index in [2.05, 4.69) is 5.32 Å². The van der Waals surface area contributed by atoms with Gasteiger partial charge in [0.15, 0.2) is 0 Å². The Morgan fingerprint density at radius 2 is 2.06 bits per heavy atom. The van der Waals surface area contributed by atoms with E-state index in [9.17, 15) is 4.79 Å². The van der Waals surface area contributed by atoms with Gasteiger partial charge in [0.2, 0.25) is 5.91 Å². The SMILES string of the molecule is COC1CC(Nc2ccc(CC(N)=O)cc2)C1. The summed E-state index contributed by atoms with van der Waals surface area (Å²) in [6, 6.07) is 8.33. The van der Waals surface area contributed by atoms with Crippen LogP contribution in [0.4, 0.5) is 5.69 Å². The first kappa shape index (κ1) is 11.9. The topological polar surface area (TPSA) is 64.3 Å². The molecule has 17 heavy (non-hydrogen) atoms. The zero-order valence-corrected chi connectivity index (χ0v) is 9.98. The highest BCUT2D eigenvalue weighted by atomic mass is 16.5. The van der Waals surface area contributed by atoms with Crippen LogP contribution in [-0.4, -0.2) is 25.2 Å². The third kappa shape index (κ3) is 3.20. The van der Waals surface area contributed by atoms with E-state index in [-0.39, 0.29) is 5.91 Å². The number of nitrogens with two attached hydrogens (primary N) is 1. The van der Waals surface area contributed by atoms with Crippen LogP contribution < -0.4 is 11.1 Å². The number of hydrogen-bond donors (Lipinski definition) is 2. The van der Waals surface area contributed by atoms with Crippen LogP contribution >= 0.6 is 0 Å². The van der Waals surface area contributed by atoms with E-state index in [1.165, 1.54) is 0 Å². The Labute approximate surface area is 101 Å². The lowest BCUT2D eigenvalue weighted by atomic mass is 9.89. The van der Waals surface area contributed by atoms with Crippen molar-refractivity contribution in [2.24, 2.45) is 5.73 Å². The number of ether oxygens (including phenoxy) is 1. The number of rotatable bonds is 5. The average molecular weight is 234 g/mol. The Hall–Kier alpha value is -1.55. The van der Waals surface area contributed by atoms with Gasteiger partial charge in [-0.2, -0.15) is 0 Å². The second kappa shape index (κ2) is 5.19. The maximum atomic E-state index is 10.7. The fourth-order valence-corrected chi connectivity index (χ4v) is 2.03. The molecule has 0 bridgehead atoms. The molecule has 1 amide bonds. The third-order valence-electron chi connectivity index (χ3n) is 3.13. The standard InChI is InChI=1S/C13H18N2O2/c1-17-12-7-11(8-12)15-10-4-2-9(3-5-10)6-13(14)16/h2-5,11-12,15H,6-8H2,1H3,(H2,14,16). The van der Waals surface area contributed by atoms with Crippen LogP contribution in [0.2, 0.25) is 0 Å². The van der Waals surface area contributed by atoms with Crippen molar-refractivity contribution < 1.29 is 9.53 Å². The van der Waals surface area contributed by atoms with Gasteiger partial charge in [-0.3, -0.25) is 4.79 Å². The Morgan fingerprint density at radius 1 is 1.41 bits per heavy atom. The number of hydrogen-bond acceptors (Lipinski definition) is 3. The highest BCUT2D eigenvalue weighted by Crippen LogP contribution is 2.26. The van der Waals surface area contributed by atoms with Crippen molar-refractivity contribution in [2.45, 2.75) is 31.4 Å². The molecule has 1 aliphatic carbocycles. The largest absolute Gasteiger partial charge is 0.382 e. The number of nitrogens with one attached hydrogen (secondary N) is 1. The molecule has 1 aromatic rings. The summed E-state index contributed by atoms with van der Waals surface area (Å²) < 4.78 is 5.23. The van der Waals surface area contributed by atoms with Crippen molar-refractivity contribution in [3.8, 4) is 0 Å². The monoisotopic (exact) mass is 234 g/mol. The van der Waals surface area contributed by atoms with Gasteiger partial charge in [0.25, 0.3) is 0 Å². The molecule has 0 heterocycles. The average Bonchev–Trinajstić information content (AvgIpc) is 2.24. The van der Waals surface area contributed by atoms with Gasteiger partial charge in [-0.15, -0.1) is 0 Å². The van der Waals surface area contributed by atoms with Crippen LogP contribution in [0.15, 0.2) is 24.3 Å². The number of carbonyl (C=O) groups excluding carboxylic acids is 1. The van der Waals surface area contributed by atoms with Gasteiger partial charge < -0.3 is 15.8 Å². The second-order valence-corrected chi connectivity index (χ2v) is 4.51. The molecule has 0 radical (unpaired) electrons. The molecule has 0 saturated heterocycles. The number of amides is 1. The Kier molecular flexibility index (Phi) is 3.64. The van der Waals surface area contributed by atoms with E-state index in [0.29, 0.717) is 18.6 Å². The van der Waals surface area contributed by atoms with E-state index < -0.39 is 0 Å². The van der Waals surface area contributed by atoms with Crippen molar-refractivity contribution in [1.29, 1.82) is 0 Å². The predicted molar refractivity (Wildman–Crippen MR) is 66.8 cm³/mol. The lowest BCUT2D eigenvalue weighted by molar-refractivity contribution is -0.117. The molecule has 1 fully saturated rings. The van der Waals surface area contributed by atoms with Gasteiger partial charge in [-0.1, -0.05) is 12.1 Å². The molecular weight excluding hydrogens is 216 g/mol. The van der Waals surface area contributed by atoms with Crippen LogP contribution in [0.5, 0.6) is 0 Å². The number of anilines is 1. The molecule has 0 atom stereocenters. The summed E-state index contributed by atoms with van der Waals surface area (Å²) >= 11 is 0. The normalized spacial score (nSPS) is 22.9. The Balaban J connectivity index is 1.84. The van der Waals surface area contributed by atoms with Gasteiger partial charge in [0.05, 0.1) is 12.5 Å². The highest BCUT2D eigenvalue weighted by Gasteiger charge is 2.28. The summed E-state index contributed by atoms with van der Waals surface area (Å²) in [5, 5.41) is 3.43. The smallest absolute Gasteiger partial charge is 0.221 e. The Morgan fingerprint density at radius 3 is 2.59 bits per heavy atom. The lowest BCUT2D eigenvalue weighted by Crippen LogP contribution is -2.40. The van der Waals surface area contributed by atoms with Crippen molar-refractivity contribution >= 4 is 11.6 Å². The van der Waals surface area contributed by atoms with Gasteiger partial charge >= 0.3 is 0 Å². The molecule has 0 spiro atoms. The summed E-state index contributed by atoms with van der Waals surface area (Å²) in [5.74, 6) is -0.298. The molecule has 0 unspecified atom stereocenters. The van der Waals surface area contributed by atoms with Crippen molar-refractivity contribution in [3.63, 3.8) is 0 Å². The molecule has 2 rings (SSSR count). The minimum Gasteiger partial charge on any atom is -0.382 e. The summed E-state index contributed by atoms with van der Waals surface area (Å²) in [6.45, 7) is 0. The number of benzene rings is 1. The summed E-state index contributed by atoms with van der Waals surface area (Å²) in [4.78, 5) is 10.7. The van der Waals surface area contributed by atoms with Crippen LogP contribution in [0.3, 0.4) is 0 Å². The zero-order chi connectivity index (χ0) is 12.3. The second-order valence-electron chi connectivity index (χ2n) is 4.51. The van der Waals surface area contributed by atoms with Crippen LogP contribution in [0, 0.1) is 0 Å². The Bertz CT molecular complexity index is 383.